The van der Waals surface area contributed by atoms with Crippen LogP contribution in [0.3, 0.4) is 0 Å². The van der Waals surface area contributed by atoms with Gasteiger partial charge in [-0.2, -0.15) is 0 Å². The lowest BCUT2D eigenvalue weighted by Gasteiger charge is -2.18. The van der Waals surface area contributed by atoms with Gasteiger partial charge >= 0.3 is 0 Å². The minimum Gasteiger partial charge on any atom is -0.396 e. The number of aldehydes is 1. The van der Waals surface area contributed by atoms with Gasteiger partial charge in [-0.05, 0) is 6.92 Å². The summed E-state index contributed by atoms with van der Waals surface area (Å²) in [6.45, 7) is 7.11. The first-order valence-corrected chi connectivity index (χ1v) is 5.16. The van der Waals surface area contributed by atoms with E-state index >= 15 is 0 Å². The van der Waals surface area contributed by atoms with E-state index in [1.54, 1.807) is 34.7 Å². The summed E-state index contributed by atoms with van der Waals surface area (Å²) < 4.78 is 0. The number of carbonyl (C=O) groups is 2. The first kappa shape index (κ1) is 14.6. The summed E-state index contributed by atoms with van der Waals surface area (Å²) in [4.78, 5) is 26.5. The Balaban J connectivity index is 5.45. The largest absolute Gasteiger partial charge is 0.396 e. The molecule has 0 aliphatic heterocycles. The van der Waals surface area contributed by atoms with Gasteiger partial charge in [-0.15, -0.1) is 0 Å². The van der Waals surface area contributed by atoms with Crippen LogP contribution in [-0.2, 0) is 9.59 Å². The van der Waals surface area contributed by atoms with E-state index in [0.29, 0.717) is 11.3 Å². The second kappa shape index (κ2) is 5.58. The van der Waals surface area contributed by atoms with Crippen molar-refractivity contribution in [2.24, 2.45) is 16.1 Å². The van der Waals surface area contributed by atoms with Crippen LogP contribution in [0.25, 0.3) is 0 Å². The van der Waals surface area contributed by atoms with Crippen LogP contribution in [0.5, 0.6) is 0 Å². The standard InChI is InChI=1S/C12H20N2O2/c1-8(14-5)9(6-7-15)10(13)11(16)12(2,3)4/h7H,6,13H2,1-5H3/b10-9-,14-8?. The number of rotatable bonds is 4. The highest BCUT2D eigenvalue weighted by Gasteiger charge is 2.25. The Morgan fingerprint density at radius 3 is 2.19 bits per heavy atom. The van der Waals surface area contributed by atoms with E-state index < -0.39 is 5.41 Å². The smallest absolute Gasteiger partial charge is 0.184 e. The van der Waals surface area contributed by atoms with Gasteiger partial charge in [-0.3, -0.25) is 9.79 Å². The summed E-state index contributed by atoms with van der Waals surface area (Å²) >= 11 is 0. The minimum atomic E-state index is -0.549. The SMILES string of the molecule is CN=C(C)/C(CC=O)=C(\N)C(=O)C(C)(C)C. The molecule has 4 nitrogen and oxygen atoms in total. The topological polar surface area (TPSA) is 72.5 Å². The van der Waals surface area contributed by atoms with Gasteiger partial charge in [-0.1, -0.05) is 20.8 Å². The maximum Gasteiger partial charge on any atom is 0.184 e. The van der Waals surface area contributed by atoms with E-state index in [0.717, 1.165) is 6.29 Å². The van der Waals surface area contributed by atoms with Crippen LogP contribution in [-0.4, -0.2) is 24.8 Å². The maximum absolute atomic E-state index is 11.9. The van der Waals surface area contributed by atoms with Crippen molar-refractivity contribution in [1.29, 1.82) is 0 Å². The fourth-order valence-electron chi connectivity index (χ4n) is 1.21. The second-order valence-electron chi connectivity index (χ2n) is 4.65. The van der Waals surface area contributed by atoms with Crippen molar-refractivity contribution in [3.8, 4) is 0 Å². The molecular weight excluding hydrogens is 204 g/mol. The van der Waals surface area contributed by atoms with Gasteiger partial charge in [0.15, 0.2) is 5.78 Å². The van der Waals surface area contributed by atoms with Gasteiger partial charge in [0.25, 0.3) is 0 Å². The first-order chi connectivity index (χ1) is 7.25. The second-order valence-corrected chi connectivity index (χ2v) is 4.65. The molecular formula is C12H20N2O2. The number of Topliss-reactive ketones (excluding diaryl/α,β-unsaturated/α-hetero) is 1. The first-order valence-electron chi connectivity index (χ1n) is 5.16. The summed E-state index contributed by atoms with van der Waals surface area (Å²) in [6.07, 6.45) is 0.851. The van der Waals surface area contributed by atoms with Crippen LogP contribution >= 0.6 is 0 Å². The van der Waals surface area contributed by atoms with Crippen molar-refractivity contribution < 1.29 is 9.59 Å². The molecule has 0 aromatic rings. The van der Waals surface area contributed by atoms with E-state index in [1.165, 1.54) is 0 Å². The average molecular weight is 224 g/mol. The number of nitrogens with two attached hydrogens (primary N) is 1. The molecule has 0 aliphatic rings. The van der Waals surface area contributed by atoms with Crippen LogP contribution in [0.15, 0.2) is 16.3 Å². The Morgan fingerprint density at radius 1 is 1.38 bits per heavy atom. The molecule has 90 valence electrons. The molecule has 0 atom stereocenters. The molecule has 16 heavy (non-hydrogen) atoms. The number of carbonyl (C=O) groups excluding carboxylic acids is 2. The molecule has 0 aromatic heterocycles. The normalized spacial score (nSPS) is 14.4. The van der Waals surface area contributed by atoms with E-state index in [4.69, 9.17) is 5.73 Å². The van der Waals surface area contributed by atoms with Crippen LogP contribution in [0, 0.1) is 5.41 Å². The highest BCUT2D eigenvalue weighted by Crippen LogP contribution is 2.20. The lowest BCUT2D eigenvalue weighted by Crippen LogP contribution is -2.28. The fourth-order valence-corrected chi connectivity index (χ4v) is 1.21. The zero-order chi connectivity index (χ0) is 12.9. The lowest BCUT2D eigenvalue weighted by atomic mass is 9.86. The average Bonchev–Trinajstić information content (AvgIpc) is 2.21. The van der Waals surface area contributed by atoms with Crippen LogP contribution in [0.2, 0.25) is 0 Å². The van der Waals surface area contributed by atoms with Gasteiger partial charge in [0.1, 0.15) is 6.29 Å². The zero-order valence-corrected chi connectivity index (χ0v) is 10.6. The fraction of sp³-hybridized carbons (Fsp3) is 0.583. The number of hydrogen-bond acceptors (Lipinski definition) is 4. The van der Waals surface area contributed by atoms with E-state index in [2.05, 4.69) is 4.99 Å². The van der Waals surface area contributed by atoms with Crippen molar-refractivity contribution in [1.82, 2.24) is 0 Å². The summed E-state index contributed by atoms with van der Waals surface area (Å²) in [5.74, 6) is -0.160. The van der Waals surface area contributed by atoms with Crippen LogP contribution < -0.4 is 5.73 Å². The number of ketones is 1. The van der Waals surface area contributed by atoms with Crippen molar-refractivity contribution in [3.05, 3.63) is 11.3 Å². The molecule has 0 radical (unpaired) electrons. The van der Waals surface area contributed by atoms with Crippen LogP contribution in [0.4, 0.5) is 0 Å². The van der Waals surface area contributed by atoms with Gasteiger partial charge in [0.05, 0.1) is 5.70 Å². The molecule has 0 saturated heterocycles. The highest BCUT2D eigenvalue weighted by molar-refractivity contribution is 6.09. The molecule has 0 fully saturated rings. The van der Waals surface area contributed by atoms with Gasteiger partial charge < -0.3 is 10.5 Å². The quantitative estimate of drug-likeness (QED) is 0.447. The molecule has 0 saturated carbocycles. The summed E-state index contributed by atoms with van der Waals surface area (Å²) in [5, 5.41) is 0. The third-order valence-corrected chi connectivity index (χ3v) is 2.31. The summed E-state index contributed by atoms with van der Waals surface area (Å²) in [6, 6.07) is 0. The van der Waals surface area contributed by atoms with E-state index in [-0.39, 0.29) is 17.9 Å². The van der Waals surface area contributed by atoms with Crippen LogP contribution in [0.1, 0.15) is 34.1 Å². The molecule has 0 spiro atoms. The predicted octanol–water partition coefficient (Wildman–Crippen LogP) is 1.49. The molecule has 0 unspecified atom stereocenters. The zero-order valence-electron chi connectivity index (χ0n) is 10.6. The molecule has 2 N–H and O–H groups in total. The lowest BCUT2D eigenvalue weighted by molar-refractivity contribution is -0.122. The van der Waals surface area contributed by atoms with Crippen molar-refractivity contribution >= 4 is 17.8 Å². The molecule has 0 heterocycles. The van der Waals surface area contributed by atoms with Gasteiger partial charge in [0, 0.05) is 30.2 Å². The molecule has 0 bridgehead atoms. The highest BCUT2D eigenvalue weighted by atomic mass is 16.1. The van der Waals surface area contributed by atoms with Crippen molar-refractivity contribution in [2.45, 2.75) is 34.1 Å². The predicted molar refractivity (Wildman–Crippen MR) is 65.4 cm³/mol. The Labute approximate surface area is 96.6 Å². The summed E-state index contributed by atoms with van der Waals surface area (Å²) in [5.41, 5.74) is 6.54. The molecule has 0 aliphatic carbocycles. The molecule has 0 aromatic carbocycles. The van der Waals surface area contributed by atoms with E-state index in [9.17, 15) is 9.59 Å². The molecule has 0 amide bonds. The monoisotopic (exact) mass is 224 g/mol. The number of aliphatic imine (C=N–C) groups is 1. The number of allylic oxidation sites excluding steroid dienone is 2. The molecule has 0 rings (SSSR count). The van der Waals surface area contributed by atoms with Gasteiger partial charge in [-0.25, -0.2) is 0 Å². The number of hydrogen-bond donors (Lipinski definition) is 1. The van der Waals surface area contributed by atoms with Crippen molar-refractivity contribution in [2.75, 3.05) is 7.05 Å². The maximum atomic E-state index is 11.9. The Morgan fingerprint density at radius 2 is 1.88 bits per heavy atom. The Kier molecular flexibility index (Phi) is 5.08. The van der Waals surface area contributed by atoms with Gasteiger partial charge in [0.2, 0.25) is 0 Å². The Bertz CT molecular complexity index is 347. The third kappa shape index (κ3) is 3.61. The summed E-state index contributed by atoms with van der Waals surface area (Å²) in [7, 11) is 1.61. The third-order valence-electron chi connectivity index (χ3n) is 2.31. The van der Waals surface area contributed by atoms with E-state index in [1.807, 2.05) is 0 Å². The number of nitrogens with zero attached hydrogens (tertiary/aromatic N) is 1. The Hall–Kier alpha value is -1.45. The molecule has 4 heteroatoms. The van der Waals surface area contributed by atoms with Crippen molar-refractivity contribution in [3.63, 3.8) is 0 Å². The minimum absolute atomic E-state index is 0.122.